The fourth-order valence-electron chi connectivity index (χ4n) is 3.22. The largest absolute Gasteiger partial charge is 0.396 e. The molecule has 0 spiro atoms. The molecular formula is C16H32N2O. The van der Waals surface area contributed by atoms with Gasteiger partial charge in [0.05, 0.1) is 0 Å². The SMILES string of the molecule is CCC(C)(CNC1CC1)CN1CCCC(CCO)C1. The van der Waals surface area contributed by atoms with Crippen molar-refractivity contribution in [3.05, 3.63) is 0 Å². The molecule has 0 aromatic heterocycles. The number of rotatable bonds is 8. The lowest BCUT2D eigenvalue weighted by molar-refractivity contribution is 0.0965. The molecule has 2 N–H and O–H groups in total. The van der Waals surface area contributed by atoms with E-state index in [0.29, 0.717) is 12.0 Å². The van der Waals surface area contributed by atoms with Crippen LogP contribution in [0.5, 0.6) is 0 Å². The first-order chi connectivity index (χ1) is 9.15. The van der Waals surface area contributed by atoms with Crippen molar-refractivity contribution < 1.29 is 5.11 Å². The molecule has 2 fully saturated rings. The third-order valence-electron chi connectivity index (χ3n) is 4.99. The summed E-state index contributed by atoms with van der Waals surface area (Å²) in [5.74, 6) is 0.719. The first-order valence-electron chi connectivity index (χ1n) is 8.22. The van der Waals surface area contributed by atoms with Gasteiger partial charge in [-0.3, -0.25) is 0 Å². The molecule has 0 amide bonds. The molecule has 2 rings (SSSR count). The molecular weight excluding hydrogens is 236 g/mol. The molecule has 2 atom stereocenters. The zero-order chi connectivity index (χ0) is 13.7. The van der Waals surface area contributed by atoms with E-state index in [1.165, 1.54) is 51.7 Å². The molecule has 2 aliphatic rings. The lowest BCUT2D eigenvalue weighted by Gasteiger charge is -2.39. The van der Waals surface area contributed by atoms with E-state index in [9.17, 15) is 0 Å². The molecule has 1 saturated heterocycles. The van der Waals surface area contributed by atoms with E-state index >= 15 is 0 Å². The van der Waals surface area contributed by atoms with Gasteiger partial charge in [-0.2, -0.15) is 0 Å². The number of aliphatic hydroxyl groups excluding tert-OH is 1. The molecule has 1 aliphatic heterocycles. The van der Waals surface area contributed by atoms with Crippen molar-refractivity contribution in [2.75, 3.05) is 32.8 Å². The Morgan fingerprint density at radius 2 is 2.11 bits per heavy atom. The van der Waals surface area contributed by atoms with Gasteiger partial charge in [-0.05, 0) is 56.4 Å². The van der Waals surface area contributed by atoms with Gasteiger partial charge in [-0.15, -0.1) is 0 Å². The third kappa shape index (κ3) is 5.05. The Hall–Kier alpha value is -0.120. The van der Waals surface area contributed by atoms with Gasteiger partial charge in [0.25, 0.3) is 0 Å². The van der Waals surface area contributed by atoms with Gasteiger partial charge in [-0.1, -0.05) is 13.8 Å². The Labute approximate surface area is 118 Å². The predicted octanol–water partition coefficient (Wildman–Crippen LogP) is 2.25. The Morgan fingerprint density at radius 1 is 1.32 bits per heavy atom. The van der Waals surface area contributed by atoms with E-state index in [4.69, 9.17) is 5.11 Å². The average molecular weight is 268 g/mol. The maximum absolute atomic E-state index is 9.11. The summed E-state index contributed by atoms with van der Waals surface area (Å²) in [7, 11) is 0. The number of piperidine rings is 1. The van der Waals surface area contributed by atoms with E-state index in [-0.39, 0.29) is 0 Å². The molecule has 0 bridgehead atoms. The average Bonchev–Trinajstić information content (AvgIpc) is 3.21. The highest BCUT2D eigenvalue weighted by molar-refractivity contribution is 4.87. The summed E-state index contributed by atoms with van der Waals surface area (Å²) in [4.78, 5) is 2.64. The van der Waals surface area contributed by atoms with Crippen LogP contribution in [-0.2, 0) is 0 Å². The Kier molecular flexibility index (Phi) is 5.67. The van der Waals surface area contributed by atoms with Gasteiger partial charge < -0.3 is 15.3 Å². The number of likely N-dealkylation sites (tertiary alicyclic amines) is 1. The summed E-state index contributed by atoms with van der Waals surface area (Å²) < 4.78 is 0. The van der Waals surface area contributed by atoms with Crippen molar-refractivity contribution in [1.82, 2.24) is 10.2 Å². The van der Waals surface area contributed by atoms with E-state index in [0.717, 1.165) is 24.9 Å². The zero-order valence-corrected chi connectivity index (χ0v) is 12.8. The van der Waals surface area contributed by atoms with Gasteiger partial charge in [0.1, 0.15) is 0 Å². The lowest BCUT2D eigenvalue weighted by Crippen LogP contribution is -2.46. The quantitative estimate of drug-likeness (QED) is 0.709. The van der Waals surface area contributed by atoms with E-state index in [1.54, 1.807) is 0 Å². The summed E-state index contributed by atoms with van der Waals surface area (Å²) in [6, 6.07) is 0.814. The van der Waals surface area contributed by atoms with Gasteiger partial charge in [0.2, 0.25) is 0 Å². The highest BCUT2D eigenvalue weighted by Crippen LogP contribution is 2.28. The number of aliphatic hydroxyl groups is 1. The van der Waals surface area contributed by atoms with Crippen LogP contribution in [0, 0.1) is 11.3 Å². The van der Waals surface area contributed by atoms with Crippen LogP contribution in [0.4, 0.5) is 0 Å². The van der Waals surface area contributed by atoms with Crippen LogP contribution in [-0.4, -0.2) is 48.8 Å². The molecule has 1 saturated carbocycles. The molecule has 3 heteroatoms. The van der Waals surface area contributed by atoms with Crippen molar-refractivity contribution in [1.29, 1.82) is 0 Å². The minimum atomic E-state index is 0.354. The maximum atomic E-state index is 9.11. The first-order valence-corrected chi connectivity index (χ1v) is 8.22. The van der Waals surface area contributed by atoms with Crippen molar-refractivity contribution in [2.24, 2.45) is 11.3 Å². The second-order valence-electron chi connectivity index (χ2n) is 7.08. The second-order valence-corrected chi connectivity index (χ2v) is 7.08. The Bertz CT molecular complexity index is 265. The van der Waals surface area contributed by atoms with Gasteiger partial charge in [0.15, 0.2) is 0 Å². The molecule has 0 aromatic rings. The van der Waals surface area contributed by atoms with Crippen LogP contribution in [0.3, 0.4) is 0 Å². The van der Waals surface area contributed by atoms with E-state index < -0.39 is 0 Å². The van der Waals surface area contributed by atoms with Crippen molar-refractivity contribution >= 4 is 0 Å². The fraction of sp³-hybridized carbons (Fsp3) is 1.00. The molecule has 0 aromatic carbocycles. The van der Waals surface area contributed by atoms with Crippen LogP contribution in [0.1, 0.15) is 52.4 Å². The van der Waals surface area contributed by atoms with E-state index in [1.807, 2.05) is 0 Å². The zero-order valence-electron chi connectivity index (χ0n) is 12.8. The number of hydrogen-bond acceptors (Lipinski definition) is 3. The standard InChI is InChI=1S/C16H32N2O/c1-3-16(2,12-17-15-6-7-15)13-18-9-4-5-14(11-18)8-10-19/h14-15,17,19H,3-13H2,1-2H3. The van der Waals surface area contributed by atoms with Crippen LogP contribution < -0.4 is 5.32 Å². The Morgan fingerprint density at radius 3 is 2.74 bits per heavy atom. The summed E-state index contributed by atoms with van der Waals surface area (Å²) >= 11 is 0. The first kappa shape index (κ1) is 15.3. The number of hydrogen-bond donors (Lipinski definition) is 2. The molecule has 0 radical (unpaired) electrons. The smallest absolute Gasteiger partial charge is 0.0434 e. The minimum Gasteiger partial charge on any atom is -0.396 e. The number of nitrogens with one attached hydrogen (secondary N) is 1. The molecule has 2 unspecified atom stereocenters. The highest BCUT2D eigenvalue weighted by atomic mass is 16.3. The molecule has 19 heavy (non-hydrogen) atoms. The summed E-state index contributed by atoms with van der Waals surface area (Å²) in [6.07, 6.45) is 7.60. The van der Waals surface area contributed by atoms with Crippen LogP contribution >= 0.6 is 0 Å². The van der Waals surface area contributed by atoms with Gasteiger partial charge in [0, 0.05) is 32.3 Å². The van der Waals surface area contributed by atoms with E-state index in [2.05, 4.69) is 24.1 Å². The monoisotopic (exact) mass is 268 g/mol. The van der Waals surface area contributed by atoms with Crippen molar-refractivity contribution in [3.8, 4) is 0 Å². The topological polar surface area (TPSA) is 35.5 Å². The van der Waals surface area contributed by atoms with Crippen molar-refractivity contribution in [3.63, 3.8) is 0 Å². The normalized spacial score (nSPS) is 28.3. The van der Waals surface area contributed by atoms with Crippen LogP contribution in [0.15, 0.2) is 0 Å². The van der Waals surface area contributed by atoms with Crippen LogP contribution in [0.25, 0.3) is 0 Å². The summed E-state index contributed by atoms with van der Waals surface area (Å²) in [5.41, 5.74) is 0.406. The van der Waals surface area contributed by atoms with Crippen LogP contribution in [0.2, 0.25) is 0 Å². The predicted molar refractivity (Wildman–Crippen MR) is 80.3 cm³/mol. The molecule has 1 heterocycles. The highest BCUT2D eigenvalue weighted by Gasteiger charge is 2.30. The fourth-order valence-corrected chi connectivity index (χ4v) is 3.22. The lowest BCUT2D eigenvalue weighted by atomic mass is 9.85. The van der Waals surface area contributed by atoms with Gasteiger partial charge in [-0.25, -0.2) is 0 Å². The molecule has 3 nitrogen and oxygen atoms in total. The Balaban J connectivity index is 1.78. The minimum absolute atomic E-state index is 0.354. The summed E-state index contributed by atoms with van der Waals surface area (Å²) in [5, 5.41) is 12.8. The summed E-state index contributed by atoms with van der Waals surface area (Å²) in [6.45, 7) is 9.93. The van der Waals surface area contributed by atoms with Gasteiger partial charge >= 0.3 is 0 Å². The number of nitrogens with zero attached hydrogens (tertiary/aromatic N) is 1. The molecule has 1 aliphatic carbocycles. The molecule has 112 valence electrons. The van der Waals surface area contributed by atoms with Crippen molar-refractivity contribution in [2.45, 2.75) is 58.4 Å². The maximum Gasteiger partial charge on any atom is 0.0434 e. The second kappa shape index (κ2) is 7.05. The third-order valence-corrected chi connectivity index (χ3v) is 4.99.